The molecule has 0 bridgehead atoms. The maximum atomic E-state index is 10.6. The van der Waals surface area contributed by atoms with Gasteiger partial charge in [0.05, 0.1) is 16.3 Å². The van der Waals surface area contributed by atoms with Gasteiger partial charge in [-0.05, 0) is 12.1 Å². The predicted molar refractivity (Wildman–Crippen MR) is 62.8 cm³/mol. The lowest BCUT2D eigenvalue weighted by molar-refractivity contribution is 0.222. The molecule has 0 aliphatic carbocycles. The quantitative estimate of drug-likeness (QED) is 0.615. The molecule has 0 atom stereocenters. The van der Waals surface area contributed by atoms with Gasteiger partial charge in [-0.15, -0.1) is 0 Å². The Morgan fingerprint density at radius 3 is 2.25 bits per heavy atom. The first kappa shape index (κ1) is 13.6. The topological polar surface area (TPSA) is 52.6 Å². The fraction of sp³-hybridized carbons (Fsp3) is 0.333. The average Bonchev–Trinajstić information content (AvgIpc) is 2.14. The summed E-state index contributed by atoms with van der Waals surface area (Å²) in [6.45, 7) is -0.0308. The summed E-state index contributed by atoms with van der Waals surface area (Å²) in [5, 5.41) is 0.735. The standard InChI is InChI=1S/C9H10Cl2O4S/c1-16(12,13)15-6-5-14-9-7(10)3-2-4-8(9)11/h2-4H,5-6H2,1H3. The lowest BCUT2D eigenvalue weighted by Gasteiger charge is -2.09. The van der Waals surface area contributed by atoms with Crippen LogP contribution in [-0.4, -0.2) is 27.9 Å². The summed E-state index contributed by atoms with van der Waals surface area (Å²) in [5.74, 6) is 0.322. The molecule has 0 aromatic heterocycles. The molecule has 0 amide bonds. The molecule has 0 aliphatic rings. The smallest absolute Gasteiger partial charge is 0.264 e. The molecular formula is C9H10Cl2O4S. The van der Waals surface area contributed by atoms with Crippen molar-refractivity contribution in [3.63, 3.8) is 0 Å². The summed E-state index contributed by atoms with van der Waals surface area (Å²) in [5.41, 5.74) is 0. The van der Waals surface area contributed by atoms with E-state index in [0.717, 1.165) is 6.26 Å². The molecular weight excluding hydrogens is 275 g/mol. The Bertz CT molecular complexity index is 438. The van der Waals surface area contributed by atoms with E-state index in [4.69, 9.17) is 27.9 Å². The Kier molecular flexibility index (Phi) is 4.86. The van der Waals surface area contributed by atoms with Crippen molar-refractivity contribution < 1.29 is 17.3 Å². The molecule has 0 fully saturated rings. The van der Waals surface area contributed by atoms with E-state index in [1.54, 1.807) is 18.2 Å². The average molecular weight is 285 g/mol. The highest BCUT2D eigenvalue weighted by atomic mass is 35.5. The van der Waals surface area contributed by atoms with Gasteiger partial charge in [-0.3, -0.25) is 4.18 Å². The second-order valence-corrected chi connectivity index (χ2v) is 5.38. The Balaban J connectivity index is 2.49. The van der Waals surface area contributed by atoms with Crippen molar-refractivity contribution in [3.8, 4) is 5.75 Å². The zero-order valence-electron chi connectivity index (χ0n) is 8.44. The lowest BCUT2D eigenvalue weighted by Crippen LogP contribution is -2.11. The van der Waals surface area contributed by atoms with Crippen molar-refractivity contribution in [2.45, 2.75) is 0 Å². The minimum absolute atomic E-state index is 0.0521. The fourth-order valence-corrected chi connectivity index (χ4v) is 1.83. The summed E-state index contributed by atoms with van der Waals surface area (Å²) < 4.78 is 31.0. The van der Waals surface area contributed by atoms with E-state index >= 15 is 0 Å². The third-order valence-corrected chi connectivity index (χ3v) is 2.74. The van der Waals surface area contributed by atoms with Gasteiger partial charge in [0.15, 0.2) is 5.75 Å². The predicted octanol–water partition coefficient (Wildman–Crippen LogP) is 2.35. The van der Waals surface area contributed by atoms with Crippen molar-refractivity contribution in [3.05, 3.63) is 28.2 Å². The van der Waals surface area contributed by atoms with Gasteiger partial charge in [0.1, 0.15) is 13.2 Å². The fourth-order valence-electron chi connectivity index (χ4n) is 0.950. The Morgan fingerprint density at radius 2 is 1.75 bits per heavy atom. The van der Waals surface area contributed by atoms with Gasteiger partial charge in [-0.2, -0.15) is 8.42 Å². The van der Waals surface area contributed by atoms with E-state index in [2.05, 4.69) is 4.18 Å². The van der Waals surface area contributed by atoms with Gasteiger partial charge in [0, 0.05) is 0 Å². The molecule has 0 saturated heterocycles. The van der Waals surface area contributed by atoms with Crippen LogP contribution in [0.15, 0.2) is 18.2 Å². The van der Waals surface area contributed by atoms with Crippen LogP contribution in [0.2, 0.25) is 10.0 Å². The lowest BCUT2D eigenvalue weighted by atomic mass is 10.3. The first-order valence-corrected chi connectivity index (χ1v) is 6.88. The van der Waals surface area contributed by atoms with Crippen LogP contribution in [0.5, 0.6) is 5.75 Å². The number of ether oxygens (including phenoxy) is 1. The summed E-state index contributed by atoms with van der Waals surface area (Å²) in [7, 11) is -3.44. The summed E-state index contributed by atoms with van der Waals surface area (Å²) in [6, 6.07) is 4.94. The van der Waals surface area contributed by atoms with Crippen LogP contribution in [0, 0.1) is 0 Å². The molecule has 0 heterocycles. The highest BCUT2D eigenvalue weighted by molar-refractivity contribution is 7.85. The van der Waals surface area contributed by atoms with Crippen molar-refractivity contribution >= 4 is 33.3 Å². The molecule has 0 spiro atoms. The van der Waals surface area contributed by atoms with Gasteiger partial charge in [0.2, 0.25) is 0 Å². The highest BCUT2D eigenvalue weighted by Gasteiger charge is 2.07. The van der Waals surface area contributed by atoms with E-state index in [0.29, 0.717) is 15.8 Å². The first-order chi connectivity index (χ1) is 7.40. The maximum absolute atomic E-state index is 10.6. The summed E-state index contributed by atoms with van der Waals surface area (Å²) in [6.07, 6.45) is 0.968. The van der Waals surface area contributed by atoms with Crippen molar-refractivity contribution in [1.29, 1.82) is 0 Å². The number of halogens is 2. The number of hydrogen-bond donors (Lipinski definition) is 0. The van der Waals surface area contributed by atoms with Crippen LogP contribution in [-0.2, 0) is 14.3 Å². The Morgan fingerprint density at radius 1 is 1.19 bits per heavy atom. The van der Waals surface area contributed by atoms with Crippen molar-refractivity contribution in [2.75, 3.05) is 19.5 Å². The number of benzene rings is 1. The van der Waals surface area contributed by atoms with Crippen LogP contribution >= 0.6 is 23.2 Å². The van der Waals surface area contributed by atoms with Crippen molar-refractivity contribution in [2.24, 2.45) is 0 Å². The van der Waals surface area contributed by atoms with Gasteiger partial charge in [-0.25, -0.2) is 0 Å². The molecule has 0 aliphatic heterocycles. The Hall–Kier alpha value is -0.490. The third-order valence-electron chi connectivity index (χ3n) is 1.55. The molecule has 4 nitrogen and oxygen atoms in total. The Labute approximate surface area is 104 Å². The number of rotatable bonds is 5. The van der Waals surface area contributed by atoms with E-state index < -0.39 is 10.1 Å². The molecule has 90 valence electrons. The summed E-state index contributed by atoms with van der Waals surface area (Å²) >= 11 is 11.7. The largest absolute Gasteiger partial charge is 0.488 e. The second kappa shape index (κ2) is 5.72. The number of hydrogen-bond acceptors (Lipinski definition) is 4. The van der Waals surface area contributed by atoms with Crippen LogP contribution in [0.4, 0.5) is 0 Å². The van der Waals surface area contributed by atoms with E-state index in [1.807, 2.05) is 0 Å². The molecule has 1 rings (SSSR count). The molecule has 0 unspecified atom stereocenters. The van der Waals surface area contributed by atoms with Crippen LogP contribution in [0.1, 0.15) is 0 Å². The molecule has 1 aromatic carbocycles. The normalized spacial score (nSPS) is 11.4. The molecule has 0 radical (unpaired) electrons. The highest BCUT2D eigenvalue weighted by Crippen LogP contribution is 2.32. The molecule has 16 heavy (non-hydrogen) atoms. The number of para-hydroxylation sites is 1. The minimum atomic E-state index is -3.44. The molecule has 1 aromatic rings. The maximum Gasteiger partial charge on any atom is 0.264 e. The first-order valence-electron chi connectivity index (χ1n) is 4.31. The van der Waals surface area contributed by atoms with Gasteiger partial charge < -0.3 is 4.74 Å². The molecule has 0 saturated carbocycles. The second-order valence-electron chi connectivity index (χ2n) is 2.93. The monoisotopic (exact) mass is 284 g/mol. The van der Waals surface area contributed by atoms with Crippen LogP contribution in [0.3, 0.4) is 0 Å². The van der Waals surface area contributed by atoms with Crippen molar-refractivity contribution in [1.82, 2.24) is 0 Å². The third kappa shape index (κ3) is 4.57. The summed E-state index contributed by atoms with van der Waals surface area (Å²) in [4.78, 5) is 0. The van der Waals surface area contributed by atoms with E-state index in [-0.39, 0.29) is 13.2 Å². The van der Waals surface area contributed by atoms with Crippen LogP contribution in [0.25, 0.3) is 0 Å². The molecule has 7 heteroatoms. The molecule has 0 N–H and O–H groups in total. The zero-order valence-corrected chi connectivity index (χ0v) is 10.8. The zero-order chi connectivity index (χ0) is 12.2. The van der Waals surface area contributed by atoms with Crippen LogP contribution < -0.4 is 4.74 Å². The minimum Gasteiger partial charge on any atom is -0.488 e. The van der Waals surface area contributed by atoms with Gasteiger partial charge in [0.25, 0.3) is 10.1 Å². The van der Waals surface area contributed by atoms with E-state index in [9.17, 15) is 8.42 Å². The van der Waals surface area contributed by atoms with E-state index in [1.165, 1.54) is 0 Å². The van der Waals surface area contributed by atoms with Gasteiger partial charge in [-0.1, -0.05) is 29.3 Å². The SMILES string of the molecule is CS(=O)(=O)OCCOc1c(Cl)cccc1Cl. The van der Waals surface area contributed by atoms with Gasteiger partial charge >= 0.3 is 0 Å².